The van der Waals surface area contributed by atoms with Gasteiger partial charge in [-0.1, -0.05) is 60.2 Å². The van der Waals surface area contributed by atoms with Crippen LogP contribution < -0.4 is 9.62 Å². The molecule has 5 nitrogen and oxygen atoms in total. The maximum atomic E-state index is 13.4. The fraction of sp³-hybridized carbons (Fsp3) is 0.269. The van der Waals surface area contributed by atoms with Crippen molar-refractivity contribution >= 4 is 21.6 Å². The summed E-state index contributed by atoms with van der Waals surface area (Å²) in [6.07, 6.45) is 2.60. The van der Waals surface area contributed by atoms with Crippen molar-refractivity contribution in [3.63, 3.8) is 0 Å². The number of sulfonamides is 1. The van der Waals surface area contributed by atoms with Gasteiger partial charge in [0.15, 0.2) is 0 Å². The van der Waals surface area contributed by atoms with E-state index in [0.29, 0.717) is 13.0 Å². The second-order valence-corrected chi connectivity index (χ2v) is 10.4. The smallest absolute Gasteiger partial charge is 0.241 e. The Hall–Kier alpha value is -2.96. The van der Waals surface area contributed by atoms with Gasteiger partial charge in [-0.15, -0.1) is 0 Å². The van der Waals surface area contributed by atoms with Crippen molar-refractivity contribution in [3.8, 4) is 0 Å². The molecule has 1 atom stereocenters. The van der Waals surface area contributed by atoms with Crippen LogP contribution in [0.1, 0.15) is 41.1 Å². The Morgan fingerprint density at radius 2 is 1.66 bits per heavy atom. The van der Waals surface area contributed by atoms with Crippen molar-refractivity contribution < 1.29 is 13.2 Å². The molecule has 5 rings (SSSR count). The molecule has 1 heterocycles. The summed E-state index contributed by atoms with van der Waals surface area (Å²) in [7, 11) is -3.78. The number of hydrogen-bond donors (Lipinski definition) is 1. The number of benzene rings is 3. The molecule has 1 N–H and O–H groups in total. The third-order valence-electron chi connectivity index (χ3n) is 6.27. The quantitative estimate of drug-likeness (QED) is 0.612. The van der Waals surface area contributed by atoms with Crippen LogP contribution in [0.25, 0.3) is 0 Å². The van der Waals surface area contributed by atoms with E-state index in [9.17, 15) is 13.2 Å². The molecule has 32 heavy (non-hydrogen) atoms. The molecule has 0 unspecified atom stereocenters. The van der Waals surface area contributed by atoms with Gasteiger partial charge in [-0.25, -0.2) is 8.42 Å². The molecule has 3 aromatic rings. The zero-order valence-corrected chi connectivity index (χ0v) is 18.8. The summed E-state index contributed by atoms with van der Waals surface area (Å²) in [5.74, 6) is 0.313. The second kappa shape index (κ2) is 8.19. The summed E-state index contributed by atoms with van der Waals surface area (Å²) >= 11 is 0. The summed E-state index contributed by atoms with van der Waals surface area (Å²) in [6, 6.07) is 22.1. The number of rotatable bonds is 6. The third-order valence-corrected chi connectivity index (χ3v) is 7.69. The predicted octanol–water partition coefficient (Wildman–Crippen LogP) is 4.36. The first-order valence-electron chi connectivity index (χ1n) is 11.0. The van der Waals surface area contributed by atoms with Crippen LogP contribution in [0.4, 0.5) is 5.69 Å². The van der Waals surface area contributed by atoms with E-state index in [1.54, 1.807) is 18.2 Å². The van der Waals surface area contributed by atoms with Gasteiger partial charge in [0, 0.05) is 18.2 Å². The first-order valence-corrected chi connectivity index (χ1v) is 12.5. The van der Waals surface area contributed by atoms with Crippen LogP contribution in [-0.4, -0.2) is 20.9 Å². The number of carbonyl (C=O) groups excluding carboxylic acids is 1. The molecule has 0 aromatic heterocycles. The van der Waals surface area contributed by atoms with Crippen molar-refractivity contribution in [3.05, 3.63) is 95.1 Å². The minimum atomic E-state index is -3.78. The van der Waals surface area contributed by atoms with Crippen molar-refractivity contribution in [2.45, 2.75) is 37.1 Å². The molecule has 164 valence electrons. The fourth-order valence-corrected chi connectivity index (χ4v) is 5.54. The van der Waals surface area contributed by atoms with Gasteiger partial charge in [0.2, 0.25) is 15.9 Å². The average molecular weight is 447 g/mol. The Labute approximate surface area is 189 Å². The van der Waals surface area contributed by atoms with E-state index >= 15 is 0 Å². The van der Waals surface area contributed by atoms with Gasteiger partial charge < -0.3 is 4.90 Å². The third kappa shape index (κ3) is 4.08. The van der Waals surface area contributed by atoms with Gasteiger partial charge in [0.05, 0.1) is 10.9 Å². The standard InChI is InChI=1S/C26H26N2O3S/c1-18-7-9-20(10-8-18)25(19-5-3-2-4-6-19)27-32(30,31)23-13-14-24-22(17-23)15-16-28(24)26(29)21-11-12-21/h2-10,13-14,17,21,25,27H,11-12,15-16H2,1H3/t25-/m1/s1. The number of aryl methyl sites for hydroxylation is 1. The highest BCUT2D eigenvalue weighted by molar-refractivity contribution is 7.89. The number of anilines is 1. The normalized spacial score (nSPS) is 16.6. The summed E-state index contributed by atoms with van der Waals surface area (Å²) in [5.41, 5.74) is 4.63. The number of hydrogen-bond acceptors (Lipinski definition) is 3. The van der Waals surface area contributed by atoms with E-state index in [1.165, 1.54) is 0 Å². The molecule has 2 aliphatic rings. The van der Waals surface area contributed by atoms with Crippen molar-refractivity contribution in [2.24, 2.45) is 5.92 Å². The molecule has 1 aliphatic carbocycles. The lowest BCUT2D eigenvalue weighted by Gasteiger charge is -2.21. The molecule has 1 fully saturated rings. The highest BCUT2D eigenvalue weighted by atomic mass is 32.2. The summed E-state index contributed by atoms with van der Waals surface area (Å²) in [4.78, 5) is 14.6. The first-order chi connectivity index (χ1) is 15.4. The fourth-order valence-electron chi connectivity index (χ4n) is 4.28. The Balaban J connectivity index is 1.45. The largest absolute Gasteiger partial charge is 0.312 e. The molecule has 3 aromatic carbocycles. The van der Waals surface area contributed by atoms with Crippen LogP contribution in [0.5, 0.6) is 0 Å². The van der Waals surface area contributed by atoms with Crippen LogP contribution in [0.2, 0.25) is 0 Å². The zero-order valence-electron chi connectivity index (χ0n) is 18.0. The lowest BCUT2D eigenvalue weighted by Crippen LogP contribution is -2.30. The van der Waals surface area contributed by atoms with Crippen molar-refractivity contribution in [1.29, 1.82) is 0 Å². The molecule has 6 heteroatoms. The minimum absolute atomic E-state index is 0.146. The molecule has 0 spiro atoms. The SMILES string of the molecule is Cc1ccc([C@H](NS(=O)(=O)c2ccc3c(c2)CCN3C(=O)C2CC2)c2ccccc2)cc1. The Morgan fingerprint density at radius 1 is 0.969 bits per heavy atom. The number of carbonyl (C=O) groups is 1. The van der Waals surface area contributed by atoms with E-state index < -0.39 is 16.1 Å². The van der Waals surface area contributed by atoms with Crippen LogP contribution in [0, 0.1) is 12.8 Å². The van der Waals surface area contributed by atoms with Crippen molar-refractivity contribution in [1.82, 2.24) is 4.72 Å². The van der Waals surface area contributed by atoms with Gasteiger partial charge >= 0.3 is 0 Å². The van der Waals surface area contributed by atoms with Crippen LogP contribution in [-0.2, 0) is 21.2 Å². The van der Waals surface area contributed by atoms with Crippen LogP contribution >= 0.6 is 0 Å². The molecule has 1 amide bonds. The average Bonchev–Trinajstić information content (AvgIpc) is 3.57. The Bertz CT molecular complexity index is 1250. The van der Waals surface area contributed by atoms with E-state index in [0.717, 1.165) is 40.8 Å². The van der Waals surface area contributed by atoms with E-state index in [2.05, 4.69) is 4.72 Å². The predicted molar refractivity (Wildman–Crippen MR) is 125 cm³/mol. The number of fused-ring (bicyclic) bond motifs is 1. The maximum absolute atomic E-state index is 13.4. The van der Waals surface area contributed by atoms with Crippen LogP contribution in [0.15, 0.2) is 77.7 Å². The molecule has 1 saturated carbocycles. The minimum Gasteiger partial charge on any atom is -0.312 e. The van der Waals surface area contributed by atoms with Gasteiger partial charge in [0.1, 0.15) is 0 Å². The van der Waals surface area contributed by atoms with E-state index in [4.69, 9.17) is 0 Å². The molecule has 0 radical (unpaired) electrons. The van der Waals surface area contributed by atoms with Gasteiger partial charge in [0.25, 0.3) is 0 Å². The molecule has 0 bridgehead atoms. The molecular formula is C26H26N2O3S. The highest BCUT2D eigenvalue weighted by Gasteiger charge is 2.37. The monoisotopic (exact) mass is 446 g/mol. The zero-order chi connectivity index (χ0) is 22.3. The second-order valence-electron chi connectivity index (χ2n) is 8.68. The first kappa shape index (κ1) is 20.9. The lowest BCUT2D eigenvalue weighted by atomic mass is 9.99. The van der Waals surface area contributed by atoms with Crippen molar-refractivity contribution in [2.75, 3.05) is 11.4 Å². The van der Waals surface area contributed by atoms with Crippen LogP contribution in [0.3, 0.4) is 0 Å². The Morgan fingerprint density at radius 3 is 2.34 bits per heavy atom. The summed E-state index contributed by atoms with van der Waals surface area (Å²) in [6.45, 7) is 2.63. The number of amides is 1. The summed E-state index contributed by atoms with van der Waals surface area (Å²) in [5, 5.41) is 0. The molecule has 1 aliphatic heterocycles. The van der Waals surface area contributed by atoms with Gasteiger partial charge in [-0.3, -0.25) is 4.79 Å². The Kier molecular flexibility index (Phi) is 5.35. The lowest BCUT2D eigenvalue weighted by molar-refractivity contribution is -0.119. The highest BCUT2D eigenvalue weighted by Crippen LogP contribution is 2.37. The van der Waals surface area contributed by atoms with E-state index in [1.807, 2.05) is 66.4 Å². The van der Waals surface area contributed by atoms with Gasteiger partial charge in [-0.05, 0) is 61.1 Å². The summed E-state index contributed by atoms with van der Waals surface area (Å²) < 4.78 is 29.7. The number of nitrogens with one attached hydrogen (secondary N) is 1. The molecule has 0 saturated heterocycles. The molecular weight excluding hydrogens is 420 g/mol. The van der Waals surface area contributed by atoms with Gasteiger partial charge in [-0.2, -0.15) is 4.72 Å². The van der Waals surface area contributed by atoms with E-state index in [-0.39, 0.29) is 16.7 Å². The topological polar surface area (TPSA) is 66.5 Å². The maximum Gasteiger partial charge on any atom is 0.241 e. The number of nitrogens with zero attached hydrogens (tertiary/aromatic N) is 1.